The number of amides is 1. The van der Waals surface area contributed by atoms with Crippen molar-refractivity contribution in [2.75, 3.05) is 13.2 Å². The molecule has 0 bridgehead atoms. The third-order valence-electron chi connectivity index (χ3n) is 2.48. The van der Waals surface area contributed by atoms with Crippen molar-refractivity contribution in [1.82, 2.24) is 5.32 Å². The van der Waals surface area contributed by atoms with E-state index in [1.807, 2.05) is 13.8 Å². The van der Waals surface area contributed by atoms with Gasteiger partial charge < -0.3 is 15.2 Å². The van der Waals surface area contributed by atoms with Crippen LogP contribution in [0.1, 0.15) is 24.2 Å². The molecule has 8 heteroatoms. The standard InChI is InChI=1S/C13H16N2O6/c1-8(2)6-14-11(16)7-21-12-9(13(17)18)4-3-5-10(12)15(19)20/h3-5,8H,6-7H2,1-2H3,(H,14,16)(H,17,18). The Hall–Kier alpha value is -2.64. The fourth-order valence-corrected chi connectivity index (χ4v) is 1.50. The van der Waals surface area contributed by atoms with Gasteiger partial charge in [0.1, 0.15) is 5.56 Å². The maximum absolute atomic E-state index is 11.5. The maximum Gasteiger partial charge on any atom is 0.339 e. The molecule has 0 atom stereocenters. The van der Waals surface area contributed by atoms with Crippen LogP contribution in [0.4, 0.5) is 5.69 Å². The fourth-order valence-electron chi connectivity index (χ4n) is 1.50. The van der Waals surface area contributed by atoms with Gasteiger partial charge in [-0.15, -0.1) is 0 Å². The monoisotopic (exact) mass is 296 g/mol. The average molecular weight is 296 g/mol. The number of aromatic carboxylic acids is 1. The zero-order chi connectivity index (χ0) is 16.0. The second-order valence-electron chi connectivity index (χ2n) is 4.70. The minimum absolute atomic E-state index is 0.245. The van der Waals surface area contributed by atoms with E-state index < -0.39 is 34.8 Å². The number of nitrogens with zero attached hydrogens (tertiary/aromatic N) is 1. The van der Waals surface area contributed by atoms with Gasteiger partial charge in [0.05, 0.1) is 4.92 Å². The van der Waals surface area contributed by atoms with Gasteiger partial charge in [0.2, 0.25) is 5.75 Å². The minimum Gasteiger partial charge on any atom is -0.478 e. The second-order valence-corrected chi connectivity index (χ2v) is 4.70. The van der Waals surface area contributed by atoms with Crippen molar-refractivity contribution >= 4 is 17.6 Å². The zero-order valence-corrected chi connectivity index (χ0v) is 11.7. The van der Waals surface area contributed by atoms with Crippen molar-refractivity contribution in [3.8, 4) is 5.75 Å². The maximum atomic E-state index is 11.5. The summed E-state index contributed by atoms with van der Waals surface area (Å²) in [6, 6.07) is 3.54. The van der Waals surface area contributed by atoms with Crippen LogP contribution in [0.15, 0.2) is 18.2 Å². The van der Waals surface area contributed by atoms with Gasteiger partial charge in [-0.25, -0.2) is 4.79 Å². The number of benzene rings is 1. The molecule has 8 nitrogen and oxygen atoms in total. The Bertz CT molecular complexity index is 523. The summed E-state index contributed by atoms with van der Waals surface area (Å²) >= 11 is 0. The summed E-state index contributed by atoms with van der Waals surface area (Å²) in [4.78, 5) is 32.7. The molecule has 0 aliphatic heterocycles. The lowest BCUT2D eigenvalue weighted by molar-refractivity contribution is -0.385. The van der Waals surface area contributed by atoms with Crippen LogP contribution < -0.4 is 10.1 Å². The quantitative estimate of drug-likeness (QED) is 0.580. The van der Waals surface area contributed by atoms with Gasteiger partial charge in [-0.2, -0.15) is 0 Å². The summed E-state index contributed by atoms with van der Waals surface area (Å²) in [5.41, 5.74) is -0.854. The van der Waals surface area contributed by atoms with Gasteiger partial charge in [0, 0.05) is 12.6 Å². The molecular formula is C13H16N2O6. The number of ether oxygens (including phenoxy) is 1. The average Bonchev–Trinajstić information content (AvgIpc) is 2.42. The smallest absolute Gasteiger partial charge is 0.339 e. The van der Waals surface area contributed by atoms with E-state index in [2.05, 4.69) is 5.32 Å². The van der Waals surface area contributed by atoms with Crippen LogP contribution >= 0.6 is 0 Å². The number of carboxylic acids is 1. The van der Waals surface area contributed by atoms with E-state index in [-0.39, 0.29) is 11.5 Å². The first-order chi connectivity index (χ1) is 9.82. The van der Waals surface area contributed by atoms with E-state index in [0.29, 0.717) is 6.54 Å². The van der Waals surface area contributed by atoms with Gasteiger partial charge in [-0.1, -0.05) is 19.9 Å². The Morgan fingerprint density at radius 1 is 1.43 bits per heavy atom. The molecule has 1 aromatic rings. The number of rotatable bonds is 7. The molecule has 0 aliphatic carbocycles. The highest BCUT2D eigenvalue weighted by Gasteiger charge is 2.23. The summed E-state index contributed by atoms with van der Waals surface area (Å²) in [7, 11) is 0. The molecule has 0 saturated heterocycles. The molecule has 1 amide bonds. The molecular weight excluding hydrogens is 280 g/mol. The van der Waals surface area contributed by atoms with Crippen molar-refractivity contribution in [3.63, 3.8) is 0 Å². The molecule has 0 unspecified atom stereocenters. The minimum atomic E-state index is -1.36. The lowest BCUT2D eigenvalue weighted by Crippen LogP contribution is -2.32. The molecule has 0 radical (unpaired) electrons. The van der Waals surface area contributed by atoms with Crippen LogP contribution in [0.5, 0.6) is 5.75 Å². The van der Waals surface area contributed by atoms with E-state index in [4.69, 9.17) is 9.84 Å². The SMILES string of the molecule is CC(C)CNC(=O)COc1c(C(=O)O)cccc1[N+](=O)[O-]. The first kappa shape index (κ1) is 16.4. The van der Waals surface area contributed by atoms with E-state index >= 15 is 0 Å². The van der Waals surface area contributed by atoms with E-state index in [1.165, 1.54) is 12.1 Å². The number of hydrogen-bond donors (Lipinski definition) is 2. The Morgan fingerprint density at radius 3 is 2.62 bits per heavy atom. The largest absolute Gasteiger partial charge is 0.478 e. The molecule has 114 valence electrons. The number of carbonyl (C=O) groups excluding carboxylic acids is 1. The molecule has 0 fully saturated rings. The predicted molar refractivity (Wildman–Crippen MR) is 73.4 cm³/mol. The molecule has 0 heterocycles. The number of nitro benzene ring substituents is 1. The number of hydrogen-bond acceptors (Lipinski definition) is 5. The van der Waals surface area contributed by atoms with Crippen LogP contribution in [0.25, 0.3) is 0 Å². The summed E-state index contributed by atoms with van der Waals surface area (Å²) in [6.45, 7) is 3.76. The van der Waals surface area contributed by atoms with Gasteiger partial charge in [-0.3, -0.25) is 14.9 Å². The Balaban J connectivity index is 2.88. The number of carbonyl (C=O) groups is 2. The summed E-state index contributed by atoms with van der Waals surface area (Å²) in [5, 5.41) is 22.5. The summed E-state index contributed by atoms with van der Waals surface area (Å²) in [5.74, 6) is -2.02. The third-order valence-corrected chi connectivity index (χ3v) is 2.48. The van der Waals surface area contributed by atoms with E-state index in [0.717, 1.165) is 6.07 Å². The van der Waals surface area contributed by atoms with Crippen molar-refractivity contribution in [3.05, 3.63) is 33.9 Å². The van der Waals surface area contributed by atoms with Crippen LogP contribution in [0.2, 0.25) is 0 Å². The molecule has 1 rings (SSSR count). The molecule has 0 spiro atoms. The zero-order valence-electron chi connectivity index (χ0n) is 11.7. The van der Waals surface area contributed by atoms with Gasteiger partial charge in [0.25, 0.3) is 5.91 Å². The molecule has 21 heavy (non-hydrogen) atoms. The van der Waals surface area contributed by atoms with Crippen LogP contribution in [-0.4, -0.2) is 35.1 Å². The molecule has 0 aliphatic rings. The van der Waals surface area contributed by atoms with Crippen molar-refractivity contribution in [2.24, 2.45) is 5.92 Å². The van der Waals surface area contributed by atoms with Gasteiger partial charge in [0.15, 0.2) is 6.61 Å². The summed E-state index contributed by atoms with van der Waals surface area (Å²) < 4.78 is 5.05. The predicted octanol–water partition coefficient (Wildman–Crippen LogP) is 1.44. The van der Waals surface area contributed by atoms with E-state index in [1.54, 1.807) is 0 Å². The molecule has 0 aromatic heterocycles. The summed E-state index contributed by atoms with van der Waals surface area (Å²) in [6.07, 6.45) is 0. The highest BCUT2D eigenvalue weighted by atomic mass is 16.6. The lowest BCUT2D eigenvalue weighted by atomic mass is 10.1. The van der Waals surface area contributed by atoms with Crippen molar-refractivity contribution in [2.45, 2.75) is 13.8 Å². The van der Waals surface area contributed by atoms with Crippen LogP contribution in [0, 0.1) is 16.0 Å². The Labute approximate surface area is 120 Å². The number of nitrogens with one attached hydrogen (secondary N) is 1. The number of para-hydroxylation sites is 1. The van der Waals surface area contributed by atoms with Crippen molar-refractivity contribution in [1.29, 1.82) is 0 Å². The van der Waals surface area contributed by atoms with Crippen LogP contribution in [-0.2, 0) is 4.79 Å². The highest BCUT2D eigenvalue weighted by Crippen LogP contribution is 2.30. The van der Waals surface area contributed by atoms with E-state index in [9.17, 15) is 19.7 Å². The lowest BCUT2D eigenvalue weighted by Gasteiger charge is -2.10. The number of nitro groups is 1. The van der Waals surface area contributed by atoms with Gasteiger partial charge >= 0.3 is 11.7 Å². The molecule has 1 aromatic carbocycles. The Morgan fingerprint density at radius 2 is 2.10 bits per heavy atom. The first-order valence-electron chi connectivity index (χ1n) is 6.23. The fraction of sp³-hybridized carbons (Fsp3) is 0.385. The highest BCUT2D eigenvalue weighted by molar-refractivity contribution is 5.92. The van der Waals surface area contributed by atoms with Crippen LogP contribution in [0.3, 0.4) is 0 Å². The Kier molecular flexibility index (Phi) is 5.65. The molecule has 2 N–H and O–H groups in total. The van der Waals surface area contributed by atoms with Crippen molar-refractivity contribution < 1.29 is 24.4 Å². The second kappa shape index (κ2) is 7.22. The van der Waals surface area contributed by atoms with Gasteiger partial charge in [-0.05, 0) is 12.0 Å². The number of carboxylic acid groups (broad SMARTS) is 1. The molecule has 0 saturated carbocycles. The normalized spacial score (nSPS) is 10.2. The topological polar surface area (TPSA) is 119 Å². The third kappa shape index (κ3) is 4.75. The first-order valence-corrected chi connectivity index (χ1v) is 6.23.